The molecule has 1 aliphatic rings. The van der Waals surface area contributed by atoms with Crippen LogP contribution in [0, 0.1) is 0 Å². The Morgan fingerprint density at radius 2 is 2.06 bits per heavy atom. The molecule has 0 aliphatic heterocycles. The highest BCUT2D eigenvalue weighted by Gasteiger charge is 2.30. The molecule has 0 aromatic carbocycles. The molecule has 2 rings (SSSR count). The molecule has 2 N–H and O–H groups in total. The molecule has 1 saturated carbocycles. The van der Waals surface area contributed by atoms with Crippen molar-refractivity contribution < 1.29 is 0 Å². The van der Waals surface area contributed by atoms with Gasteiger partial charge in [0.1, 0.15) is 0 Å². The molecule has 1 heterocycles. The van der Waals surface area contributed by atoms with Crippen LogP contribution >= 0.6 is 0 Å². The maximum Gasteiger partial charge on any atom is 0.225 e. The molecule has 1 unspecified atom stereocenters. The van der Waals surface area contributed by atoms with Gasteiger partial charge >= 0.3 is 0 Å². The lowest BCUT2D eigenvalue weighted by molar-refractivity contribution is 0.716. The Hall–Kier alpha value is -1.16. The first kappa shape index (κ1) is 12.3. The van der Waals surface area contributed by atoms with Crippen LogP contribution in [0.2, 0.25) is 0 Å². The Labute approximate surface area is 103 Å². The zero-order valence-electron chi connectivity index (χ0n) is 10.8. The molecule has 1 aromatic heterocycles. The largest absolute Gasteiger partial charge is 0.338 e. The van der Waals surface area contributed by atoms with E-state index in [2.05, 4.69) is 21.8 Å². The molecule has 1 aromatic rings. The predicted molar refractivity (Wildman–Crippen MR) is 70.0 cm³/mol. The fourth-order valence-electron chi connectivity index (χ4n) is 2.05. The van der Waals surface area contributed by atoms with Crippen molar-refractivity contribution in [3.05, 3.63) is 18.0 Å². The van der Waals surface area contributed by atoms with Crippen molar-refractivity contribution in [1.29, 1.82) is 0 Å². The highest BCUT2D eigenvalue weighted by atomic mass is 15.3. The van der Waals surface area contributed by atoms with Crippen LogP contribution in [-0.4, -0.2) is 28.6 Å². The van der Waals surface area contributed by atoms with Gasteiger partial charge in [-0.1, -0.05) is 6.92 Å². The van der Waals surface area contributed by atoms with Gasteiger partial charge in [0.15, 0.2) is 0 Å². The topological polar surface area (TPSA) is 55.0 Å². The van der Waals surface area contributed by atoms with Gasteiger partial charge in [-0.25, -0.2) is 9.97 Å². The number of anilines is 1. The van der Waals surface area contributed by atoms with Crippen LogP contribution in [0.3, 0.4) is 0 Å². The van der Waals surface area contributed by atoms with E-state index in [1.165, 1.54) is 12.8 Å². The molecule has 0 radical (unpaired) electrons. The van der Waals surface area contributed by atoms with Crippen molar-refractivity contribution in [3.8, 4) is 0 Å². The summed E-state index contributed by atoms with van der Waals surface area (Å²) >= 11 is 0. The summed E-state index contributed by atoms with van der Waals surface area (Å²) in [7, 11) is 0. The van der Waals surface area contributed by atoms with Crippen LogP contribution in [0.25, 0.3) is 0 Å². The minimum absolute atomic E-state index is 0.166. The van der Waals surface area contributed by atoms with E-state index in [4.69, 9.17) is 5.73 Å². The van der Waals surface area contributed by atoms with E-state index in [0.29, 0.717) is 6.04 Å². The van der Waals surface area contributed by atoms with Crippen LogP contribution in [0.5, 0.6) is 0 Å². The molecule has 1 fully saturated rings. The fraction of sp³-hybridized carbons (Fsp3) is 0.692. The quantitative estimate of drug-likeness (QED) is 0.814. The Balaban J connectivity index is 2.04. The molecule has 1 aliphatic carbocycles. The molecule has 4 heteroatoms. The van der Waals surface area contributed by atoms with Crippen LogP contribution in [-0.2, 0) is 6.42 Å². The Morgan fingerprint density at radius 1 is 1.41 bits per heavy atom. The predicted octanol–water partition coefficient (Wildman–Crippen LogP) is 1.75. The Kier molecular flexibility index (Phi) is 3.94. The molecule has 94 valence electrons. The third-order valence-electron chi connectivity index (χ3n) is 2.96. The average molecular weight is 234 g/mol. The normalized spacial score (nSPS) is 16.9. The van der Waals surface area contributed by atoms with Gasteiger partial charge < -0.3 is 10.6 Å². The van der Waals surface area contributed by atoms with Crippen LogP contribution < -0.4 is 10.6 Å². The van der Waals surface area contributed by atoms with Crippen molar-refractivity contribution in [2.24, 2.45) is 5.73 Å². The van der Waals surface area contributed by atoms with Crippen LogP contribution in [0.15, 0.2) is 12.4 Å². The summed E-state index contributed by atoms with van der Waals surface area (Å²) in [6, 6.07) is 0.842. The lowest BCUT2D eigenvalue weighted by Crippen LogP contribution is -2.28. The molecule has 0 spiro atoms. The lowest BCUT2D eigenvalue weighted by Gasteiger charge is -2.21. The number of hydrogen-bond donors (Lipinski definition) is 1. The van der Waals surface area contributed by atoms with Crippen LogP contribution in [0.4, 0.5) is 5.95 Å². The minimum Gasteiger partial charge on any atom is -0.338 e. The average Bonchev–Trinajstić information content (AvgIpc) is 3.10. The third kappa shape index (κ3) is 3.40. The molecule has 1 atom stereocenters. The lowest BCUT2D eigenvalue weighted by atomic mass is 10.1. The zero-order chi connectivity index (χ0) is 12.3. The monoisotopic (exact) mass is 234 g/mol. The summed E-state index contributed by atoms with van der Waals surface area (Å²) in [5, 5.41) is 0. The fourth-order valence-corrected chi connectivity index (χ4v) is 2.05. The van der Waals surface area contributed by atoms with Gasteiger partial charge in [-0.05, 0) is 38.2 Å². The van der Waals surface area contributed by atoms with Crippen molar-refractivity contribution in [2.75, 3.05) is 11.4 Å². The van der Waals surface area contributed by atoms with E-state index in [1.54, 1.807) is 0 Å². The van der Waals surface area contributed by atoms with Crippen molar-refractivity contribution >= 4 is 5.95 Å². The highest BCUT2D eigenvalue weighted by Crippen LogP contribution is 2.29. The molecule has 17 heavy (non-hydrogen) atoms. The second kappa shape index (κ2) is 5.45. The van der Waals surface area contributed by atoms with Crippen molar-refractivity contribution in [1.82, 2.24) is 9.97 Å². The summed E-state index contributed by atoms with van der Waals surface area (Å²) < 4.78 is 0. The molecule has 0 saturated heterocycles. The Bertz CT molecular complexity index is 343. The van der Waals surface area contributed by atoms with E-state index in [1.807, 2.05) is 19.3 Å². The van der Waals surface area contributed by atoms with E-state index in [-0.39, 0.29) is 6.04 Å². The molecular weight excluding hydrogens is 212 g/mol. The summed E-state index contributed by atoms with van der Waals surface area (Å²) in [6.45, 7) is 5.25. The zero-order valence-corrected chi connectivity index (χ0v) is 10.8. The van der Waals surface area contributed by atoms with Crippen LogP contribution in [0.1, 0.15) is 38.7 Å². The van der Waals surface area contributed by atoms with Crippen molar-refractivity contribution in [3.63, 3.8) is 0 Å². The summed E-state index contributed by atoms with van der Waals surface area (Å²) in [5.41, 5.74) is 6.88. The second-order valence-electron chi connectivity index (χ2n) is 5.00. The van der Waals surface area contributed by atoms with E-state index < -0.39 is 0 Å². The summed E-state index contributed by atoms with van der Waals surface area (Å²) in [5.74, 6) is 0.878. The van der Waals surface area contributed by atoms with Gasteiger partial charge in [-0.3, -0.25) is 0 Å². The standard InChI is InChI=1S/C13H22N4/c1-3-6-17(12-4-5-12)13-15-8-11(9-16-13)7-10(2)14/h8-10,12H,3-7,14H2,1-2H3. The first-order valence-electron chi connectivity index (χ1n) is 6.54. The number of hydrogen-bond acceptors (Lipinski definition) is 4. The number of nitrogens with zero attached hydrogens (tertiary/aromatic N) is 3. The second-order valence-corrected chi connectivity index (χ2v) is 5.00. The molecule has 4 nitrogen and oxygen atoms in total. The SMILES string of the molecule is CCCN(c1ncc(CC(C)N)cn1)C1CC1. The first-order chi connectivity index (χ1) is 8.20. The van der Waals surface area contributed by atoms with Gasteiger partial charge in [0.25, 0.3) is 0 Å². The molecule has 0 bridgehead atoms. The molecular formula is C13H22N4. The molecule has 0 amide bonds. The number of rotatable bonds is 6. The van der Waals surface area contributed by atoms with Crippen molar-refractivity contribution in [2.45, 2.75) is 51.6 Å². The van der Waals surface area contributed by atoms with E-state index in [9.17, 15) is 0 Å². The summed E-state index contributed by atoms with van der Waals surface area (Å²) in [6.07, 6.45) is 8.38. The van der Waals surface area contributed by atoms with Gasteiger partial charge in [-0.2, -0.15) is 0 Å². The summed E-state index contributed by atoms with van der Waals surface area (Å²) in [4.78, 5) is 11.3. The van der Waals surface area contributed by atoms with E-state index in [0.717, 1.165) is 30.9 Å². The minimum atomic E-state index is 0.166. The maximum absolute atomic E-state index is 5.76. The number of aromatic nitrogens is 2. The highest BCUT2D eigenvalue weighted by molar-refractivity contribution is 5.34. The van der Waals surface area contributed by atoms with Gasteiger partial charge in [-0.15, -0.1) is 0 Å². The Morgan fingerprint density at radius 3 is 2.53 bits per heavy atom. The van der Waals surface area contributed by atoms with Gasteiger partial charge in [0.05, 0.1) is 0 Å². The van der Waals surface area contributed by atoms with E-state index >= 15 is 0 Å². The third-order valence-corrected chi connectivity index (χ3v) is 2.96. The maximum atomic E-state index is 5.76. The first-order valence-corrected chi connectivity index (χ1v) is 6.54. The van der Waals surface area contributed by atoms with Gasteiger partial charge in [0.2, 0.25) is 5.95 Å². The smallest absolute Gasteiger partial charge is 0.225 e. The van der Waals surface area contributed by atoms with Gasteiger partial charge in [0, 0.05) is 31.0 Å². The number of nitrogens with two attached hydrogens (primary N) is 1.